The highest BCUT2D eigenvalue weighted by atomic mass is 35.5. The van der Waals surface area contributed by atoms with Crippen LogP contribution in [0.5, 0.6) is 5.88 Å². The molecular formula is C17H19ClN2O5S2. The number of carbonyl (C=O) groups is 1. The van der Waals surface area contributed by atoms with Crippen molar-refractivity contribution in [3.63, 3.8) is 0 Å². The Morgan fingerprint density at radius 3 is 2.63 bits per heavy atom. The maximum atomic E-state index is 12.6. The number of hydrogen-bond donors (Lipinski definition) is 1. The lowest BCUT2D eigenvalue weighted by atomic mass is 9.94. The summed E-state index contributed by atoms with van der Waals surface area (Å²) in [6, 6.07) is 4.63. The average molecular weight is 431 g/mol. The predicted octanol–water partition coefficient (Wildman–Crippen LogP) is 3.25. The third kappa shape index (κ3) is 4.98. The average Bonchev–Trinajstić information content (AvgIpc) is 3.15. The van der Waals surface area contributed by atoms with Crippen molar-refractivity contribution in [3.8, 4) is 5.88 Å². The molecule has 2 aromatic heterocycles. The van der Waals surface area contributed by atoms with E-state index in [9.17, 15) is 13.2 Å². The Hall–Kier alpha value is -1.68. The number of hydrogen-bond acceptors (Lipinski definition) is 7. The molecule has 0 saturated heterocycles. The van der Waals surface area contributed by atoms with Crippen molar-refractivity contribution in [2.24, 2.45) is 0 Å². The third-order valence-electron chi connectivity index (χ3n) is 4.27. The highest BCUT2D eigenvalue weighted by Gasteiger charge is 2.30. The van der Waals surface area contributed by atoms with Crippen molar-refractivity contribution in [1.29, 1.82) is 0 Å². The zero-order valence-electron chi connectivity index (χ0n) is 14.6. The van der Waals surface area contributed by atoms with Gasteiger partial charge in [0.1, 0.15) is 15.9 Å². The first-order valence-electron chi connectivity index (χ1n) is 8.35. The molecule has 10 heteroatoms. The van der Waals surface area contributed by atoms with Gasteiger partial charge in [-0.05, 0) is 43.2 Å². The number of thiophene rings is 1. The van der Waals surface area contributed by atoms with Gasteiger partial charge in [-0.3, -0.25) is 0 Å². The van der Waals surface area contributed by atoms with Crippen LogP contribution in [0.15, 0.2) is 34.7 Å². The molecule has 0 aliphatic heterocycles. The molecule has 0 unspecified atom stereocenters. The number of nitrogens with one attached hydrogen (secondary N) is 1. The molecule has 1 fully saturated rings. The Balaban J connectivity index is 1.58. The number of nitrogens with zero attached hydrogens (tertiary/aromatic N) is 1. The fraction of sp³-hybridized carbons (Fsp3) is 0.412. The molecule has 2 aromatic rings. The monoisotopic (exact) mass is 430 g/mol. The number of esters is 1. The maximum absolute atomic E-state index is 12.6. The second kappa shape index (κ2) is 8.55. The number of aromatic nitrogens is 1. The lowest BCUT2D eigenvalue weighted by molar-refractivity contribution is 0.0602. The molecule has 0 atom stereocenters. The topological polar surface area (TPSA) is 94.6 Å². The summed E-state index contributed by atoms with van der Waals surface area (Å²) in [7, 11) is -2.57. The Kier molecular flexibility index (Phi) is 6.36. The molecule has 146 valence electrons. The first-order chi connectivity index (χ1) is 12.9. The number of sulfonamides is 1. The molecule has 2 heterocycles. The normalized spacial score (nSPS) is 20.2. The number of methoxy groups -OCH3 is 1. The molecule has 7 nitrogen and oxygen atoms in total. The van der Waals surface area contributed by atoms with Gasteiger partial charge >= 0.3 is 5.97 Å². The van der Waals surface area contributed by atoms with E-state index >= 15 is 0 Å². The molecule has 1 N–H and O–H groups in total. The van der Waals surface area contributed by atoms with Gasteiger partial charge in [-0.1, -0.05) is 11.6 Å². The van der Waals surface area contributed by atoms with E-state index in [1.54, 1.807) is 17.5 Å². The Bertz CT molecular complexity index is 890. The zero-order valence-corrected chi connectivity index (χ0v) is 16.9. The largest absolute Gasteiger partial charge is 0.474 e. The highest BCUT2D eigenvalue weighted by molar-refractivity contribution is 7.89. The summed E-state index contributed by atoms with van der Waals surface area (Å²) < 4.78 is 38.4. The first-order valence-corrected chi connectivity index (χ1v) is 11.1. The van der Waals surface area contributed by atoms with E-state index in [2.05, 4.69) is 14.4 Å². The zero-order chi connectivity index (χ0) is 19.4. The quantitative estimate of drug-likeness (QED) is 0.707. The minimum absolute atomic E-state index is 0.0220. The second-order valence-corrected chi connectivity index (χ2v) is 9.17. The number of halogens is 1. The van der Waals surface area contributed by atoms with E-state index in [0.29, 0.717) is 36.6 Å². The summed E-state index contributed by atoms with van der Waals surface area (Å²) in [4.78, 5) is 15.9. The third-order valence-corrected chi connectivity index (χ3v) is 7.08. The van der Waals surface area contributed by atoms with Crippen molar-refractivity contribution >= 4 is 38.9 Å². The van der Waals surface area contributed by atoms with E-state index in [1.165, 1.54) is 19.4 Å². The number of ether oxygens (including phenoxy) is 2. The van der Waals surface area contributed by atoms with Gasteiger partial charge in [0.05, 0.1) is 12.1 Å². The summed E-state index contributed by atoms with van der Waals surface area (Å²) in [6.45, 7) is 0. The number of pyridine rings is 1. The molecule has 1 saturated carbocycles. The van der Waals surface area contributed by atoms with Crippen LogP contribution in [0.2, 0.25) is 5.02 Å². The van der Waals surface area contributed by atoms with Gasteiger partial charge in [0.2, 0.25) is 15.9 Å². The Morgan fingerprint density at radius 2 is 2.00 bits per heavy atom. The standard InChI is InChI=1S/C17H19ClN2O5S2/c1-24-17(21)16-14(8-9-26-16)27(22,23)20-12-3-5-13(6-4-12)25-15-7-2-11(18)10-19-15/h2,7-10,12-13,20H,3-6H2,1H3. The van der Waals surface area contributed by atoms with Crippen LogP contribution in [-0.4, -0.2) is 38.6 Å². The van der Waals surface area contributed by atoms with Gasteiger partial charge in [0, 0.05) is 18.3 Å². The van der Waals surface area contributed by atoms with Crippen molar-refractivity contribution in [3.05, 3.63) is 39.7 Å². The summed E-state index contributed by atoms with van der Waals surface area (Å²) >= 11 is 6.85. The molecule has 1 aliphatic carbocycles. The van der Waals surface area contributed by atoms with Gasteiger partial charge in [-0.15, -0.1) is 11.3 Å². The smallest absolute Gasteiger partial charge is 0.349 e. The van der Waals surface area contributed by atoms with Crippen molar-refractivity contribution < 1.29 is 22.7 Å². The molecule has 0 amide bonds. The van der Waals surface area contributed by atoms with Gasteiger partial charge < -0.3 is 9.47 Å². The van der Waals surface area contributed by atoms with Crippen LogP contribution in [0.4, 0.5) is 0 Å². The minimum atomic E-state index is -3.79. The highest BCUT2D eigenvalue weighted by Crippen LogP contribution is 2.27. The molecule has 3 rings (SSSR count). The summed E-state index contributed by atoms with van der Waals surface area (Å²) in [5.74, 6) is -0.151. The lowest BCUT2D eigenvalue weighted by Gasteiger charge is -2.29. The number of carbonyl (C=O) groups excluding carboxylic acids is 1. The molecule has 0 spiro atoms. The van der Waals surface area contributed by atoms with Gasteiger partial charge in [0.25, 0.3) is 0 Å². The Labute approximate surface area is 166 Å². The fourth-order valence-corrected chi connectivity index (χ4v) is 5.69. The molecule has 0 aromatic carbocycles. The summed E-state index contributed by atoms with van der Waals surface area (Å²) in [5.41, 5.74) is 0. The van der Waals surface area contributed by atoms with Crippen LogP contribution in [0.3, 0.4) is 0 Å². The van der Waals surface area contributed by atoms with Gasteiger partial charge in [-0.2, -0.15) is 0 Å². The lowest BCUT2D eigenvalue weighted by Crippen LogP contribution is -2.40. The molecular weight excluding hydrogens is 412 g/mol. The first kappa shape index (κ1) is 20.1. The Morgan fingerprint density at radius 1 is 1.26 bits per heavy atom. The molecule has 1 aliphatic rings. The van der Waals surface area contributed by atoms with E-state index in [0.717, 1.165) is 11.3 Å². The van der Waals surface area contributed by atoms with Crippen LogP contribution < -0.4 is 9.46 Å². The van der Waals surface area contributed by atoms with Crippen molar-refractivity contribution in [2.75, 3.05) is 7.11 Å². The van der Waals surface area contributed by atoms with Crippen LogP contribution >= 0.6 is 22.9 Å². The van der Waals surface area contributed by atoms with Crippen molar-refractivity contribution in [1.82, 2.24) is 9.71 Å². The molecule has 27 heavy (non-hydrogen) atoms. The summed E-state index contributed by atoms with van der Waals surface area (Å²) in [5, 5.41) is 2.10. The van der Waals surface area contributed by atoms with Crippen LogP contribution in [0, 0.1) is 0 Å². The SMILES string of the molecule is COC(=O)c1sccc1S(=O)(=O)NC1CCC(Oc2ccc(Cl)cn2)CC1. The van der Waals surface area contributed by atoms with Crippen molar-refractivity contribution in [2.45, 2.75) is 42.7 Å². The second-order valence-electron chi connectivity index (χ2n) is 6.13. The predicted molar refractivity (Wildman–Crippen MR) is 102 cm³/mol. The van der Waals surface area contributed by atoms with Crippen LogP contribution in [0.25, 0.3) is 0 Å². The van der Waals surface area contributed by atoms with Crippen LogP contribution in [-0.2, 0) is 14.8 Å². The van der Waals surface area contributed by atoms with E-state index < -0.39 is 16.0 Å². The number of rotatable bonds is 6. The minimum Gasteiger partial charge on any atom is -0.474 e. The molecule has 0 bridgehead atoms. The fourth-order valence-electron chi connectivity index (χ4n) is 2.93. The van der Waals surface area contributed by atoms with Gasteiger partial charge in [-0.25, -0.2) is 22.9 Å². The van der Waals surface area contributed by atoms with E-state index in [1.807, 2.05) is 0 Å². The van der Waals surface area contributed by atoms with E-state index in [-0.39, 0.29) is 21.9 Å². The maximum Gasteiger partial charge on any atom is 0.349 e. The van der Waals surface area contributed by atoms with E-state index in [4.69, 9.17) is 16.3 Å². The van der Waals surface area contributed by atoms with Crippen LogP contribution in [0.1, 0.15) is 35.4 Å². The molecule has 0 radical (unpaired) electrons. The van der Waals surface area contributed by atoms with Gasteiger partial charge in [0.15, 0.2) is 0 Å². The summed E-state index contributed by atoms with van der Waals surface area (Å²) in [6.07, 6.45) is 4.17.